The molecule has 1 aromatic rings. The van der Waals surface area contributed by atoms with Crippen molar-refractivity contribution < 1.29 is 9.47 Å². The van der Waals surface area contributed by atoms with Gasteiger partial charge in [0.15, 0.2) is 0 Å². The lowest BCUT2D eigenvalue weighted by atomic mass is 9.87. The Morgan fingerprint density at radius 2 is 2.19 bits per heavy atom. The van der Waals surface area contributed by atoms with Crippen molar-refractivity contribution in [3.63, 3.8) is 0 Å². The zero-order valence-corrected chi connectivity index (χ0v) is 14.2. The summed E-state index contributed by atoms with van der Waals surface area (Å²) >= 11 is 2.09. The number of methoxy groups -OCH3 is 2. The number of fused-ring (bicyclic) bond motifs is 1. The molecular weight excluding hydrogens is 282 g/mol. The third-order valence-electron chi connectivity index (χ3n) is 4.00. The molecule has 0 radical (unpaired) electrons. The highest BCUT2D eigenvalue weighted by Gasteiger charge is 2.29. The second-order valence-corrected chi connectivity index (χ2v) is 6.74. The van der Waals surface area contributed by atoms with Crippen molar-refractivity contribution in [2.24, 2.45) is 0 Å². The van der Waals surface area contributed by atoms with Crippen LogP contribution in [0.15, 0.2) is 18.2 Å². The molecule has 21 heavy (non-hydrogen) atoms. The van der Waals surface area contributed by atoms with E-state index in [0.29, 0.717) is 11.3 Å². The Hall–Kier alpha value is -0.710. The first-order chi connectivity index (χ1) is 10.3. The molecule has 0 amide bonds. The number of rotatable bonds is 8. The molecule has 2 unspecified atom stereocenters. The molecule has 4 heteroatoms. The summed E-state index contributed by atoms with van der Waals surface area (Å²) < 4.78 is 10.5. The molecule has 0 bridgehead atoms. The maximum Gasteiger partial charge on any atom is 0.119 e. The number of hydrogen-bond donors (Lipinski definition) is 1. The molecule has 1 aromatic carbocycles. The molecule has 1 aliphatic carbocycles. The van der Waals surface area contributed by atoms with Gasteiger partial charge in [-0.1, -0.05) is 13.0 Å². The fourth-order valence-electron chi connectivity index (χ4n) is 2.97. The zero-order chi connectivity index (χ0) is 15.1. The first-order valence-corrected chi connectivity index (χ1v) is 8.85. The summed E-state index contributed by atoms with van der Waals surface area (Å²) in [5, 5.41) is 4.33. The minimum absolute atomic E-state index is 0.456. The lowest BCUT2D eigenvalue weighted by Gasteiger charge is -2.34. The summed E-state index contributed by atoms with van der Waals surface area (Å²) in [7, 11) is 3.51. The molecule has 0 aromatic heterocycles. The average Bonchev–Trinajstić information content (AvgIpc) is 2.52. The molecule has 118 valence electrons. The standard InChI is InChI=1S/C17H27NO2S/c1-4-18-17-15-8-7-14(20-3)12-13(15)6-9-16(17)21-11-5-10-19-2/h7-8,12,16-18H,4-6,9-11H2,1-3H3. The predicted octanol–water partition coefficient (Wildman–Crippen LogP) is 3.43. The van der Waals surface area contributed by atoms with Crippen LogP contribution in [0.1, 0.15) is 36.9 Å². The number of ether oxygens (including phenoxy) is 2. The van der Waals surface area contributed by atoms with Crippen LogP contribution in [0.2, 0.25) is 0 Å². The van der Waals surface area contributed by atoms with E-state index in [4.69, 9.17) is 9.47 Å². The first kappa shape index (κ1) is 16.7. The molecule has 1 N–H and O–H groups in total. The van der Waals surface area contributed by atoms with Gasteiger partial charge in [0, 0.05) is 25.0 Å². The minimum atomic E-state index is 0.456. The van der Waals surface area contributed by atoms with Crippen molar-refractivity contribution in [2.75, 3.05) is 33.1 Å². The van der Waals surface area contributed by atoms with Gasteiger partial charge in [-0.2, -0.15) is 11.8 Å². The van der Waals surface area contributed by atoms with Gasteiger partial charge in [-0.25, -0.2) is 0 Å². The van der Waals surface area contributed by atoms with E-state index in [9.17, 15) is 0 Å². The molecular formula is C17H27NO2S. The summed E-state index contributed by atoms with van der Waals surface area (Å²) in [6.45, 7) is 4.05. The number of thioether (sulfide) groups is 1. The molecule has 0 spiro atoms. The van der Waals surface area contributed by atoms with Crippen molar-refractivity contribution >= 4 is 11.8 Å². The lowest BCUT2D eigenvalue weighted by Crippen LogP contribution is -2.34. The quantitative estimate of drug-likeness (QED) is 0.745. The molecule has 2 rings (SSSR count). The van der Waals surface area contributed by atoms with E-state index >= 15 is 0 Å². The van der Waals surface area contributed by atoms with Crippen LogP contribution >= 0.6 is 11.8 Å². The van der Waals surface area contributed by atoms with E-state index in [-0.39, 0.29) is 0 Å². The summed E-state index contributed by atoms with van der Waals surface area (Å²) in [5.41, 5.74) is 2.89. The largest absolute Gasteiger partial charge is 0.497 e. The highest BCUT2D eigenvalue weighted by Crippen LogP contribution is 2.38. The van der Waals surface area contributed by atoms with E-state index in [1.807, 2.05) is 0 Å². The third kappa shape index (κ3) is 4.38. The Morgan fingerprint density at radius 3 is 2.90 bits per heavy atom. The van der Waals surface area contributed by atoms with Crippen molar-refractivity contribution in [1.82, 2.24) is 5.32 Å². The molecule has 1 aliphatic rings. The van der Waals surface area contributed by atoms with Crippen LogP contribution in [0.25, 0.3) is 0 Å². The first-order valence-electron chi connectivity index (χ1n) is 7.80. The van der Waals surface area contributed by atoms with E-state index in [0.717, 1.165) is 31.7 Å². The predicted molar refractivity (Wildman–Crippen MR) is 90.5 cm³/mol. The van der Waals surface area contributed by atoms with Gasteiger partial charge in [0.1, 0.15) is 5.75 Å². The van der Waals surface area contributed by atoms with Gasteiger partial charge in [-0.3, -0.25) is 0 Å². The number of benzene rings is 1. The van der Waals surface area contributed by atoms with Crippen LogP contribution in [0.3, 0.4) is 0 Å². The highest BCUT2D eigenvalue weighted by molar-refractivity contribution is 7.99. The Kier molecular flexibility index (Phi) is 6.87. The van der Waals surface area contributed by atoms with Crippen LogP contribution in [0.4, 0.5) is 0 Å². The molecule has 0 aliphatic heterocycles. The van der Waals surface area contributed by atoms with Crippen LogP contribution in [0, 0.1) is 0 Å². The van der Waals surface area contributed by atoms with Crippen LogP contribution < -0.4 is 10.1 Å². The third-order valence-corrected chi connectivity index (χ3v) is 5.46. The van der Waals surface area contributed by atoms with Crippen LogP contribution in [-0.2, 0) is 11.2 Å². The zero-order valence-electron chi connectivity index (χ0n) is 13.4. The van der Waals surface area contributed by atoms with Gasteiger partial charge >= 0.3 is 0 Å². The van der Waals surface area contributed by atoms with E-state index in [1.165, 1.54) is 23.3 Å². The number of aryl methyl sites for hydroxylation is 1. The monoisotopic (exact) mass is 309 g/mol. The van der Waals surface area contributed by atoms with E-state index < -0.39 is 0 Å². The average molecular weight is 309 g/mol. The molecule has 0 saturated carbocycles. The van der Waals surface area contributed by atoms with Gasteiger partial charge in [-0.15, -0.1) is 0 Å². The van der Waals surface area contributed by atoms with E-state index in [1.54, 1.807) is 14.2 Å². The second-order valence-electron chi connectivity index (χ2n) is 5.39. The van der Waals surface area contributed by atoms with Gasteiger partial charge in [0.05, 0.1) is 7.11 Å². The van der Waals surface area contributed by atoms with Gasteiger partial charge in [-0.05, 0) is 54.8 Å². The number of nitrogens with one attached hydrogen (secondary N) is 1. The smallest absolute Gasteiger partial charge is 0.119 e. The molecule has 0 fully saturated rings. The fraction of sp³-hybridized carbons (Fsp3) is 0.647. The fourth-order valence-corrected chi connectivity index (χ4v) is 4.28. The van der Waals surface area contributed by atoms with Crippen molar-refractivity contribution in [3.8, 4) is 5.75 Å². The van der Waals surface area contributed by atoms with Gasteiger partial charge in [0.2, 0.25) is 0 Å². The second kappa shape index (κ2) is 8.66. The highest BCUT2D eigenvalue weighted by atomic mass is 32.2. The minimum Gasteiger partial charge on any atom is -0.497 e. The van der Waals surface area contributed by atoms with Gasteiger partial charge < -0.3 is 14.8 Å². The van der Waals surface area contributed by atoms with Crippen LogP contribution in [0.5, 0.6) is 5.75 Å². The normalized spacial score (nSPS) is 21.1. The summed E-state index contributed by atoms with van der Waals surface area (Å²) in [4.78, 5) is 0. The molecule has 0 saturated heterocycles. The Labute approximate surface area is 132 Å². The maximum absolute atomic E-state index is 5.35. The number of hydrogen-bond acceptors (Lipinski definition) is 4. The topological polar surface area (TPSA) is 30.5 Å². The maximum atomic E-state index is 5.35. The van der Waals surface area contributed by atoms with Crippen LogP contribution in [-0.4, -0.2) is 38.4 Å². The molecule has 3 nitrogen and oxygen atoms in total. The summed E-state index contributed by atoms with van der Waals surface area (Å²) in [5.74, 6) is 2.14. The van der Waals surface area contributed by atoms with Crippen molar-refractivity contribution in [1.29, 1.82) is 0 Å². The summed E-state index contributed by atoms with van der Waals surface area (Å²) in [6, 6.07) is 6.98. The van der Waals surface area contributed by atoms with Crippen molar-refractivity contribution in [3.05, 3.63) is 29.3 Å². The SMILES string of the molecule is CCNC1c2ccc(OC)cc2CCC1SCCCOC. The van der Waals surface area contributed by atoms with Gasteiger partial charge in [0.25, 0.3) is 0 Å². The summed E-state index contributed by atoms with van der Waals surface area (Å²) in [6.07, 6.45) is 3.51. The molecule has 2 atom stereocenters. The van der Waals surface area contributed by atoms with Crippen molar-refractivity contribution in [2.45, 2.75) is 37.5 Å². The Bertz CT molecular complexity index is 439. The molecule has 0 heterocycles. The van der Waals surface area contributed by atoms with E-state index in [2.05, 4.69) is 42.2 Å². The Morgan fingerprint density at radius 1 is 1.33 bits per heavy atom. The lowest BCUT2D eigenvalue weighted by molar-refractivity contribution is 0.200. The Balaban J connectivity index is 2.07.